The molecule has 0 aliphatic carbocycles. The number of aryl methyl sites for hydroxylation is 1. The summed E-state index contributed by atoms with van der Waals surface area (Å²) >= 11 is 0. The fraction of sp³-hybridized carbons (Fsp3) is 0.250. The fourth-order valence-corrected chi connectivity index (χ4v) is 3.30. The smallest absolute Gasteiger partial charge is 0.334 e. The first-order valence-corrected chi connectivity index (χ1v) is 8.70. The fourth-order valence-electron chi connectivity index (χ4n) is 3.30. The van der Waals surface area contributed by atoms with Gasteiger partial charge in [0, 0.05) is 30.1 Å². The Kier molecular flexibility index (Phi) is 4.41. The second kappa shape index (κ2) is 6.78. The highest BCUT2D eigenvalue weighted by Crippen LogP contribution is 2.35. The predicted molar refractivity (Wildman–Crippen MR) is 95.6 cm³/mol. The van der Waals surface area contributed by atoms with Crippen LogP contribution in [0, 0.1) is 6.92 Å². The minimum absolute atomic E-state index is 0.114. The molecule has 2 aromatic carbocycles. The molecule has 1 unspecified atom stereocenters. The van der Waals surface area contributed by atoms with E-state index in [-0.39, 0.29) is 30.5 Å². The van der Waals surface area contributed by atoms with Crippen molar-refractivity contribution in [2.24, 2.45) is 0 Å². The highest BCUT2D eigenvalue weighted by atomic mass is 19.4. The number of aromatic nitrogens is 2. The van der Waals surface area contributed by atoms with Crippen LogP contribution >= 0.6 is 0 Å². The van der Waals surface area contributed by atoms with Crippen molar-refractivity contribution < 1.29 is 22.5 Å². The molecule has 8 heteroatoms. The van der Waals surface area contributed by atoms with Gasteiger partial charge in [-0.1, -0.05) is 29.4 Å². The summed E-state index contributed by atoms with van der Waals surface area (Å²) in [6, 6.07) is 12.3. The lowest BCUT2D eigenvalue weighted by molar-refractivity contribution is -0.137. The van der Waals surface area contributed by atoms with Crippen molar-refractivity contribution >= 4 is 11.6 Å². The Morgan fingerprint density at radius 2 is 1.93 bits per heavy atom. The lowest BCUT2D eigenvalue weighted by atomic mass is 10.1. The summed E-state index contributed by atoms with van der Waals surface area (Å²) in [6.45, 7) is 2.13. The largest absolute Gasteiger partial charge is 0.416 e. The van der Waals surface area contributed by atoms with Crippen LogP contribution in [0.2, 0.25) is 0 Å². The molecule has 4 rings (SSSR count). The van der Waals surface area contributed by atoms with Crippen molar-refractivity contribution in [2.45, 2.75) is 25.4 Å². The number of rotatable bonds is 3. The van der Waals surface area contributed by atoms with E-state index in [1.54, 1.807) is 0 Å². The highest BCUT2D eigenvalue weighted by Gasteiger charge is 2.36. The Morgan fingerprint density at radius 3 is 2.68 bits per heavy atom. The first kappa shape index (κ1) is 18.2. The van der Waals surface area contributed by atoms with E-state index in [1.807, 2.05) is 31.2 Å². The minimum Gasteiger partial charge on any atom is -0.334 e. The third-order valence-electron chi connectivity index (χ3n) is 4.79. The molecule has 0 radical (unpaired) electrons. The van der Waals surface area contributed by atoms with Crippen molar-refractivity contribution in [3.8, 4) is 11.5 Å². The highest BCUT2D eigenvalue weighted by molar-refractivity contribution is 5.96. The average Bonchev–Trinajstić information content (AvgIpc) is 3.28. The molecule has 1 aliphatic heterocycles. The summed E-state index contributed by atoms with van der Waals surface area (Å²) in [5, 5.41) is 3.99. The Labute approximate surface area is 158 Å². The lowest BCUT2D eigenvalue weighted by Gasteiger charge is -2.18. The maximum Gasteiger partial charge on any atom is 0.416 e. The van der Waals surface area contributed by atoms with E-state index in [9.17, 15) is 18.0 Å². The van der Waals surface area contributed by atoms with Gasteiger partial charge in [0.2, 0.25) is 5.91 Å². The molecule has 0 saturated carbocycles. The second-order valence-corrected chi connectivity index (χ2v) is 6.73. The molecule has 1 aromatic heterocycles. The predicted octanol–water partition coefficient (Wildman–Crippen LogP) is 4.58. The Bertz CT molecular complexity index is 1030. The van der Waals surface area contributed by atoms with Gasteiger partial charge in [0.05, 0.1) is 5.56 Å². The number of carbonyl (C=O) groups is 1. The number of carbonyl (C=O) groups excluding carboxylic acids is 1. The zero-order valence-electron chi connectivity index (χ0n) is 14.9. The van der Waals surface area contributed by atoms with Gasteiger partial charge in [0.15, 0.2) is 5.82 Å². The van der Waals surface area contributed by atoms with Crippen molar-refractivity contribution in [2.75, 3.05) is 11.4 Å². The number of hydrogen-bond acceptors (Lipinski definition) is 4. The first-order chi connectivity index (χ1) is 13.3. The standard InChI is InChI=1S/C20H16F3N3O2/c1-12-5-2-3-8-16(12)19-24-18(25-28-19)13-9-17(27)26(11-13)15-7-4-6-14(10-15)20(21,22)23/h2-8,10,13H,9,11H2,1H3. The van der Waals surface area contributed by atoms with Gasteiger partial charge in [-0.3, -0.25) is 4.79 Å². The molecule has 28 heavy (non-hydrogen) atoms. The molecule has 2 heterocycles. The van der Waals surface area contributed by atoms with E-state index in [2.05, 4.69) is 10.1 Å². The van der Waals surface area contributed by atoms with Crippen LogP contribution in [-0.4, -0.2) is 22.6 Å². The van der Waals surface area contributed by atoms with E-state index < -0.39 is 11.7 Å². The summed E-state index contributed by atoms with van der Waals surface area (Å²) in [4.78, 5) is 18.2. The third kappa shape index (κ3) is 3.37. The van der Waals surface area contributed by atoms with Crippen LogP contribution in [0.5, 0.6) is 0 Å². The van der Waals surface area contributed by atoms with Gasteiger partial charge in [-0.25, -0.2) is 0 Å². The first-order valence-electron chi connectivity index (χ1n) is 8.70. The number of halogens is 3. The quantitative estimate of drug-likeness (QED) is 0.660. The van der Waals surface area contributed by atoms with E-state index in [4.69, 9.17) is 4.52 Å². The van der Waals surface area contributed by atoms with Crippen LogP contribution in [-0.2, 0) is 11.0 Å². The molecule has 1 atom stereocenters. The topological polar surface area (TPSA) is 59.2 Å². The maximum absolute atomic E-state index is 13.0. The number of hydrogen-bond donors (Lipinski definition) is 0. The molecular formula is C20H16F3N3O2. The average molecular weight is 387 g/mol. The normalized spacial score (nSPS) is 17.4. The Morgan fingerprint density at radius 1 is 1.14 bits per heavy atom. The van der Waals surface area contributed by atoms with E-state index in [1.165, 1.54) is 17.0 Å². The van der Waals surface area contributed by atoms with Crippen molar-refractivity contribution in [3.63, 3.8) is 0 Å². The van der Waals surface area contributed by atoms with E-state index >= 15 is 0 Å². The molecule has 5 nitrogen and oxygen atoms in total. The summed E-state index contributed by atoms with van der Waals surface area (Å²) < 4.78 is 44.2. The van der Waals surface area contributed by atoms with Crippen LogP contribution < -0.4 is 4.90 Å². The zero-order chi connectivity index (χ0) is 19.9. The van der Waals surface area contributed by atoms with Crippen molar-refractivity contribution in [3.05, 3.63) is 65.5 Å². The van der Waals surface area contributed by atoms with Gasteiger partial charge in [0.1, 0.15) is 0 Å². The molecule has 1 fully saturated rings. The van der Waals surface area contributed by atoms with Gasteiger partial charge < -0.3 is 9.42 Å². The molecule has 3 aromatic rings. The maximum atomic E-state index is 13.0. The molecule has 0 spiro atoms. The monoisotopic (exact) mass is 387 g/mol. The summed E-state index contributed by atoms with van der Waals surface area (Å²) in [7, 11) is 0. The number of anilines is 1. The van der Waals surface area contributed by atoms with Crippen LogP contribution in [0.3, 0.4) is 0 Å². The van der Waals surface area contributed by atoms with Gasteiger partial charge in [-0.05, 0) is 36.8 Å². The van der Waals surface area contributed by atoms with E-state index in [0.29, 0.717) is 11.7 Å². The van der Waals surface area contributed by atoms with Gasteiger partial charge in [0.25, 0.3) is 5.89 Å². The molecule has 1 amide bonds. The Hall–Kier alpha value is -3.16. The van der Waals surface area contributed by atoms with Crippen LogP contribution in [0.1, 0.15) is 29.3 Å². The molecule has 1 aliphatic rings. The van der Waals surface area contributed by atoms with Crippen LogP contribution in [0.15, 0.2) is 53.1 Å². The molecular weight excluding hydrogens is 371 g/mol. The summed E-state index contributed by atoms with van der Waals surface area (Å²) in [5.74, 6) is 0.120. The van der Waals surface area contributed by atoms with Crippen molar-refractivity contribution in [1.82, 2.24) is 10.1 Å². The minimum atomic E-state index is -4.46. The van der Waals surface area contributed by atoms with Crippen LogP contribution in [0.4, 0.5) is 18.9 Å². The number of nitrogens with zero attached hydrogens (tertiary/aromatic N) is 3. The van der Waals surface area contributed by atoms with E-state index in [0.717, 1.165) is 23.3 Å². The molecule has 0 bridgehead atoms. The lowest BCUT2D eigenvalue weighted by Crippen LogP contribution is -2.24. The Balaban J connectivity index is 1.57. The number of benzene rings is 2. The van der Waals surface area contributed by atoms with Crippen molar-refractivity contribution in [1.29, 1.82) is 0 Å². The summed E-state index contributed by atoms with van der Waals surface area (Å²) in [6.07, 6.45) is -4.35. The molecule has 0 N–H and O–H groups in total. The number of alkyl halides is 3. The summed E-state index contributed by atoms with van der Waals surface area (Å²) in [5.41, 5.74) is 1.21. The van der Waals surface area contributed by atoms with Gasteiger partial charge in [-0.15, -0.1) is 0 Å². The SMILES string of the molecule is Cc1ccccc1-c1nc(C2CC(=O)N(c3cccc(C(F)(F)F)c3)C2)no1. The van der Waals surface area contributed by atoms with Gasteiger partial charge >= 0.3 is 6.18 Å². The number of amides is 1. The third-order valence-corrected chi connectivity index (χ3v) is 4.79. The molecule has 144 valence electrons. The second-order valence-electron chi connectivity index (χ2n) is 6.73. The molecule has 1 saturated heterocycles. The zero-order valence-corrected chi connectivity index (χ0v) is 14.9. The van der Waals surface area contributed by atoms with Crippen LogP contribution in [0.25, 0.3) is 11.5 Å². The van der Waals surface area contributed by atoms with Gasteiger partial charge in [-0.2, -0.15) is 18.2 Å².